The summed E-state index contributed by atoms with van der Waals surface area (Å²) in [6.45, 7) is 0. The van der Waals surface area contributed by atoms with Crippen LogP contribution in [0.15, 0.2) is 18.2 Å². The van der Waals surface area contributed by atoms with E-state index < -0.39 is 9.55 Å². The normalized spacial score (nSPS) is 10.4. The van der Waals surface area contributed by atoms with Crippen molar-refractivity contribution >= 4 is 37.6 Å². The van der Waals surface area contributed by atoms with Crippen LogP contribution < -0.4 is 4.74 Å². The van der Waals surface area contributed by atoms with Gasteiger partial charge in [0.05, 0.1) is 7.11 Å². The summed E-state index contributed by atoms with van der Waals surface area (Å²) in [6.07, 6.45) is 0. The van der Waals surface area contributed by atoms with Crippen LogP contribution in [0.5, 0.6) is 5.75 Å². The van der Waals surface area contributed by atoms with E-state index in [1.807, 2.05) is 0 Å². The lowest BCUT2D eigenvalue weighted by atomic mass is 10.1. The molecule has 0 bridgehead atoms. The SMILES string of the molecule is COc1ccc(C(=O)C(Br)Br)cc1F. The summed E-state index contributed by atoms with van der Waals surface area (Å²) in [4.78, 5) is 11.4. The average Bonchev–Trinajstić information content (AvgIpc) is 2.16. The lowest BCUT2D eigenvalue weighted by molar-refractivity contribution is 0.101. The summed E-state index contributed by atoms with van der Waals surface area (Å²) in [5.41, 5.74) is 0.294. The summed E-state index contributed by atoms with van der Waals surface area (Å²) in [5, 5.41) is 0. The molecule has 0 aliphatic rings. The Hall–Kier alpha value is -0.420. The van der Waals surface area contributed by atoms with Crippen LogP contribution in [0.3, 0.4) is 0 Å². The van der Waals surface area contributed by atoms with Gasteiger partial charge in [-0.1, -0.05) is 31.9 Å². The highest BCUT2D eigenvalue weighted by atomic mass is 79.9. The van der Waals surface area contributed by atoms with Crippen molar-refractivity contribution in [3.05, 3.63) is 29.6 Å². The van der Waals surface area contributed by atoms with Gasteiger partial charge in [-0.15, -0.1) is 0 Å². The fourth-order valence-corrected chi connectivity index (χ4v) is 1.47. The second-order valence-electron chi connectivity index (χ2n) is 2.51. The molecule has 0 unspecified atom stereocenters. The molecule has 0 N–H and O–H groups in total. The van der Waals surface area contributed by atoms with Crippen LogP contribution in [0, 0.1) is 5.82 Å². The molecule has 0 aliphatic carbocycles. The van der Waals surface area contributed by atoms with E-state index >= 15 is 0 Å². The summed E-state index contributed by atoms with van der Waals surface area (Å²) in [6, 6.07) is 4.08. The standard InChI is InChI=1S/C9H7Br2FO2/c1-14-7-3-2-5(4-6(7)12)8(13)9(10)11/h2-4,9H,1H3. The molecule has 0 fully saturated rings. The number of Topliss-reactive ketones (excluding diaryl/α,β-unsaturated/α-hetero) is 1. The van der Waals surface area contributed by atoms with Crippen LogP contribution in [0.25, 0.3) is 0 Å². The third-order valence-corrected chi connectivity index (χ3v) is 2.47. The highest BCUT2D eigenvalue weighted by Crippen LogP contribution is 2.21. The molecule has 14 heavy (non-hydrogen) atoms. The van der Waals surface area contributed by atoms with Crippen LogP contribution in [0.1, 0.15) is 10.4 Å². The lowest BCUT2D eigenvalue weighted by Gasteiger charge is -2.04. The summed E-state index contributed by atoms with van der Waals surface area (Å²) in [5.74, 6) is -0.646. The summed E-state index contributed by atoms with van der Waals surface area (Å²) >= 11 is 6.10. The number of carbonyl (C=O) groups excluding carboxylic acids is 1. The second kappa shape index (κ2) is 4.89. The largest absolute Gasteiger partial charge is 0.494 e. The van der Waals surface area contributed by atoms with Crippen molar-refractivity contribution in [2.24, 2.45) is 0 Å². The molecule has 0 aliphatic heterocycles. The number of methoxy groups -OCH3 is 1. The van der Waals surface area contributed by atoms with Crippen LogP contribution in [-0.4, -0.2) is 16.6 Å². The van der Waals surface area contributed by atoms with Gasteiger partial charge in [0.2, 0.25) is 0 Å². The molecule has 0 aromatic heterocycles. The molecule has 1 rings (SSSR count). The van der Waals surface area contributed by atoms with Crippen molar-refractivity contribution in [2.75, 3.05) is 7.11 Å². The first kappa shape index (κ1) is 11.7. The Kier molecular flexibility index (Phi) is 4.07. The Bertz CT molecular complexity index is 353. The molecule has 1 aromatic carbocycles. The predicted molar refractivity (Wildman–Crippen MR) is 58.9 cm³/mol. The van der Waals surface area contributed by atoms with Gasteiger partial charge in [0.25, 0.3) is 0 Å². The van der Waals surface area contributed by atoms with Crippen LogP contribution in [0.2, 0.25) is 0 Å². The highest BCUT2D eigenvalue weighted by Gasteiger charge is 2.15. The molecule has 0 radical (unpaired) electrons. The minimum Gasteiger partial charge on any atom is -0.494 e. The zero-order valence-electron chi connectivity index (χ0n) is 7.26. The highest BCUT2D eigenvalue weighted by molar-refractivity contribution is 9.25. The molecule has 0 heterocycles. The fraction of sp³-hybridized carbons (Fsp3) is 0.222. The molecule has 1 aromatic rings. The molecule has 0 amide bonds. The number of hydrogen-bond donors (Lipinski definition) is 0. The fourth-order valence-electron chi connectivity index (χ4n) is 0.946. The lowest BCUT2D eigenvalue weighted by Crippen LogP contribution is -2.07. The van der Waals surface area contributed by atoms with E-state index in [-0.39, 0.29) is 11.5 Å². The zero-order chi connectivity index (χ0) is 10.7. The van der Waals surface area contributed by atoms with Gasteiger partial charge < -0.3 is 4.74 Å². The number of carbonyl (C=O) groups is 1. The molecular formula is C9H7Br2FO2. The number of rotatable bonds is 3. The minimum absolute atomic E-state index is 0.127. The number of halogens is 3. The first-order valence-corrected chi connectivity index (χ1v) is 5.55. The van der Waals surface area contributed by atoms with Gasteiger partial charge in [-0.3, -0.25) is 4.79 Å². The molecule has 0 spiro atoms. The molecule has 0 saturated carbocycles. The van der Waals surface area contributed by atoms with Crippen LogP contribution in [0.4, 0.5) is 4.39 Å². The van der Waals surface area contributed by atoms with Crippen molar-refractivity contribution in [1.29, 1.82) is 0 Å². The smallest absolute Gasteiger partial charge is 0.187 e. The maximum atomic E-state index is 13.2. The van der Waals surface area contributed by atoms with Crippen molar-refractivity contribution in [3.63, 3.8) is 0 Å². The van der Waals surface area contributed by atoms with Crippen molar-refractivity contribution < 1.29 is 13.9 Å². The number of alkyl halides is 2. The summed E-state index contributed by atoms with van der Waals surface area (Å²) < 4.78 is 17.4. The van der Waals surface area contributed by atoms with E-state index in [0.29, 0.717) is 5.56 Å². The van der Waals surface area contributed by atoms with Crippen molar-refractivity contribution in [3.8, 4) is 5.75 Å². The van der Waals surface area contributed by atoms with Crippen molar-refractivity contribution in [1.82, 2.24) is 0 Å². The first-order valence-electron chi connectivity index (χ1n) is 3.72. The maximum Gasteiger partial charge on any atom is 0.187 e. The first-order chi connectivity index (χ1) is 6.56. The Balaban J connectivity index is 3.03. The number of hydrogen-bond acceptors (Lipinski definition) is 2. The minimum atomic E-state index is -0.543. The maximum absolute atomic E-state index is 13.2. The molecule has 0 atom stereocenters. The van der Waals surface area contributed by atoms with Gasteiger partial charge in [0, 0.05) is 5.56 Å². The van der Waals surface area contributed by atoms with E-state index in [1.165, 1.54) is 19.2 Å². The van der Waals surface area contributed by atoms with Crippen LogP contribution >= 0.6 is 31.9 Å². The van der Waals surface area contributed by atoms with E-state index in [0.717, 1.165) is 6.07 Å². The van der Waals surface area contributed by atoms with Gasteiger partial charge in [0.15, 0.2) is 17.3 Å². The Morgan fingerprint density at radius 3 is 2.57 bits per heavy atom. The van der Waals surface area contributed by atoms with Gasteiger partial charge >= 0.3 is 0 Å². The summed E-state index contributed by atoms with van der Waals surface area (Å²) in [7, 11) is 1.37. The monoisotopic (exact) mass is 324 g/mol. The van der Waals surface area contributed by atoms with Gasteiger partial charge in [0.1, 0.15) is 3.74 Å². The number of ketones is 1. The Labute approximate surface area is 97.7 Å². The molecule has 2 nitrogen and oxygen atoms in total. The average molecular weight is 326 g/mol. The molecule has 0 saturated heterocycles. The van der Waals surface area contributed by atoms with Gasteiger partial charge in [-0.25, -0.2) is 4.39 Å². The Morgan fingerprint density at radius 2 is 2.14 bits per heavy atom. The topological polar surface area (TPSA) is 26.3 Å². The van der Waals surface area contributed by atoms with Gasteiger partial charge in [-0.05, 0) is 18.2 Å². The quantitative estimate of drug-likeness (QED) is 0.630. The van der Waals surface area contributed by atoms with Gasteiger partial charge in [-0.2, -0.15) is 0 Å². The predicted octanol–water partition coefficient (Wildman–Crippen LogP) is 3.13. The second-order valence-corrected chi connectivity index (χ2v) is 5.57. The van der Waals surface area contributed by atoms with E-state index in [4.69, 9.17) is 4.74 Å². The number of ether oxygens (including phenoxy) is 1. The van der Waals surface area contributed by atoms with Crippen molar-refractivity contribution in [2.45, 2.75) is 3.74 Å². The van der Waals surface area contributed by atoms with E-state index in [2.05, 4.69) is 31.9 Å². The molecular weight excluding hydrogens is 319 g/mol. The van der Waals surface area contributed by atoms with E-state index in [1.54, 1.807) is 0 Å². The Morgan fingerprint density at radius 1 is 1.50 bits per heavy atom. The molecule has 76 valence electrons. The third-order valence-electron chi connectivity index (χ3n) is 1.63. The van der Waals surface area contributed by atoms with E-state index in [9.17, 15) is 9.18 Å². The molecule has 5 heteroatoms. The van der Waals surface area contributed by atoms with Crippen LogP contribution in [-0.2, 0) is 0 Å². The zero-order valence-corrected chi connectivity index (χ0v) is 10.4. The third kappa shape index (κ3) is 2.54. The number of benzene rings is 1.